The Kier molecular flexibility index (Phi) is 7.15. The number of fused-ring (bicyclic) bond motifs is 1. The number of aromatic hydroxyl groups is 1. The van der Waals surface area contributed by atoms with Gasteiger partial charge in [0.25, 0.3) is 5.56 Å². The minimum absolute atomic E-state index is 0.138. The summed E-state index contributed by atoms with van der Waals surface area (Å²) in [5, 5.41) is 30.1. The van der Waals surface area contributed by atoms with Crippen LogP contribution in [-0.2, 0) is 12.8 Å². The minimum Gasteiger partial charge on any atom is -0.507 e. The molecule has 0 amide bonds. The summed E-state index contributed by atoms with van der Waals surface area (Å²) >= 11 is 4.97. The number of hydrogen-bond acceptors (Lipinski definition) is 8. The molecule has 1 N–H and O–H groups in total. The Bertz CT molecular complexity index is 2220. The molecule has 0 aliphatic carbocycles. The van der Waals surface area contributed by atoms with Gasteiger partial charge in [-0.3, -0.25) is 14.0 Å². The second-order valence-corrected chi connectivity index (χ2v) is 11.8. The van der Waals surface area contributed by atoms with Crippen molar-refractivity contribution in [2.75, 3.05) is 0 Å². The second-order valence-electron chi connectivity index (χ2n) is 10.0. The summed E-state index contributed by atoms with van der Waals surface area (Å²) in [7, 11) is 1.85. The third kappa shape index (κ3) is 4.81. The lowest BCUT2D eigenvalue weighted by Gasteiger charge is -2.10. The van der Waals surface area contributed by atoms with Gasteiger partial charge in [0.15, 0.2) is 11.0 Å². The van der Waals surface area contributed by atoms with E-state index in [1.165, 1.54) is 11.8 Å². The van der Waals surface area contributed by atoms with Crippen LogP contribution >= 0.6 is 27.7 Å². The van der Waals surface area contributed by atoms with Gasteiger partial charge >= 0.3 is 0 Å². The van der Waals surface area contributed by atoms with Gasteiger partial charge in [0.05, 0.1) is 17.1 Å². The topological polar surface area (TPSA) is 117 Å². The fourth-order valence-corrected chi connectivity index (χ4v) is 6.40. The van der Waals surface area contributed by atoms with E-state index >= 15 is 0 Å². The van der Waals surface area contributed by atoms with Crippen LogP contribution in [0.1, 0.15) is 11.6 Å². The molecule has 7 rings (SSSR count). The van der Waals surface area contributed by atoms with Gasteiger partial charge in [-0.15, -0.1) is 20.4 Å². The fourth-order valence-electron chi connectivity index (χ4n) is 5.16. The van der Waals surface area contributed by atoms with E-state index in [0.717, 1.165) is 32.2 Å². The Labute approximate surface area is 263 Å². The third-order valence-corrected chi connectivity index (χ3v) is 8.98. The first-order chi connectivity index (χ1) is 21.4. The molecule has 0 radical (unpaired) electrons. The second kappa shape index (κ2) is 11.3. The Morgan fingerprint density at radius 3 is 2.48 bits per heavy atom. The Balaban J connectivity index is 1.28. The van der Waals surface area contributed by atoms with E-state index < -0.39 is 0 Å². The number of hydrogen-bond donors (Lipinski definition) is 1. The molecule has 44 heavy (non-hydrogen) atoms. The van der Waals surface area contributed by atoms with Gasteiger partial charge in [-0.05, 0) is 42.6 Å². The highest BCUT2D eigenvalue weighted by atomic mass is 79.9. The average molecular weight is 667 g/mol. The molecule has 4 aromatic carbocycles. The number of aromatic nitrogens is 7. The van der Waals surface area contributed by atoms with Crippen molar-refractivity contribution in [3.05, 3.63) is 117 Å². The maximum absolute atomic E-state index is 14.1. The Hall–Kier alpha value is -4.94. The van der Waals surface area contributed by atoms with Crippen molar-refractivity contribution in [1.82, 2.24) is 34.3 Å². The third-order valence-electron chi connectivity index (χ3n) is 7.37. The monoisotopic (exact) mass is 665 g/mol. The van der Waals surface area contributed by atoms with Crippen LogP contribution < -0.4 is 5.56 Å². The first kappa shape index (κ1) is 27.9. The standard InChI is InChI=1S/C32H24BrN7O3S/c1-19-28(31(42)40(38(19)2)22-11-4-3-5-12-22)39-29(24-14-8-9-15-25(24)33)35-37-32(39)44-18-27-34-36-30(43-27)21-16-20-10-6-7-13-23(20)26(41)17-21/h3-17,41H,18H2,1-2H3. The lowest BCUT2D eigenvalue weighted by Crippen LogP contribution is -2.21. The molecule has 12 heteroatoms. The molecule has 0 fully saturated rings. The molecule has 0 saturated heterocycles. The summed E-state index contributed by atoms with van der Waals surface area (Å²) in [5.74, 6) is 1.59. The molecule has 0 saturated carbocycles. The van der Waals surface area contributed by atoms with Crippen LogP contribution in [0.3, 0.4) is 0 Å². The smallest absolute Gasteiger partial charge is 0.296 e. The predicted molar refractivity (Wildman–Crippen MR) is 172 cm³/mol. The molecule has 3 aromatic heterocycles. The van der Waals surface area contributed by atoms with E-state index in [-0.39, 0.29) is 17.1 Å². The molecular formula is C32H24BrN7O3S. The molecule has 0 aliphatic rings. The van der Waals surface area contributed by atoms with Gasteiger partial charge in [0.2, 0.25) is 11.8 Å². The van der Waals surface area contributed by atoms with Crippen molar-refractivity contribution in [3.8, 4) is 40.0 Å². The molecule has 218 valence electrons. The highest BCUT2D eigenvalue weighted by molar-refractivity contribution is 9.10. The van der Waals surface area contributed by atoms with Crippen LogP contribution in [-0.4, -0.2) is 39.4 Å². The van der Waals surface area contributed by atoms with E-state index in [4.69, 9.17) is 4.42 Å². The number of para-hydroxylation sites is 1. The van der Waals surface area contributed by atoms with Crippen LogP contribution in [0.4, 0.5) is 0 Å². The van der Waals surface area contributed by atoms with E-state index in [1.54, 1.807) is 15.3 Å². The molecule has 0 atom stereocenters. The molecule has 7 aromatic rings. The largest absolute Gasteiger partial charge is 0.507 e. The first-order valence-corrected chi connectivity index (χ1v) is 15.4. The maximum Gasteiger partial charge on any atom is 0.296 e. The zero-order chi connectivity index (χ0) is 30.4. The molecule has 0 bridgehead atoms. The lowest BCUT2D eigenvalue weighted by atomic mass is 10.1. The van der Waals surface area contributed by atoms with Gasteiger partial charge in [-0.25, -0.2) is 4.68 Å². The van der Waals surface area contributed by atoms with Crippen LogP contribution in [0.5, 0.6) is 5.75 Å². The Morgan fingerprint density at radius 2 is 1.66 bits per heavy atom. The number of benzene rings is 4. The van der Waals surface area contributed by atoms with E-state index in [0.29, 0.717) is 34.0 Å². The number of phenolic OH excluding ortho intramolecular Hbond substituents is 1. The SMILES string of the molecule is Cc1c(-n2c(SCc3nnc(-c4cc(O)c5ccccc5c4)o3)nnc2-c2ccccc2Br)c(=O)n(-c2ccccc2)n1C. The van der Waals surface area contributed by atoms with Crippen molar-refractivity contribution < 1.29 is 9.52 Å². The van der Waals surface area contributed by atoms with E-state index in [2.05, 4.69) is 36.3 Å². The number of halogens is 1. The summed E-state index contributed by atoms with van der Waals surface area (Å²) in [5.41, 5.74) is 3.12. The molecular weight excluding hydrogens is 642 g/mol. The highest BCUT2D eigenvalue weighted by Crippen LogP contribution is 2.35. The summed E-state index contributed by atoms with van der Waals surface area (Å²) in [6.45, 7) is 1.90. The molecule has 0 aliphatic heterocycles. The van der Waals surface area contributed by atoms with E-state index in [9.17, 15) is 9.90 Å². The fraction of sp³-hybridized carbons (Fsp3) is 0.0938. The quantitative estimate of drug-likeness (QED) is 0.187. The van der Waals surface area contributed by atoms with Crippen molar-refractivity contribution in [3.63, 3.8) is 0 Å². The van der Waals surface area contributed by atoms with Gasteiger partial charge in [0, 0.05) is 28.0 Å². The Morgan fingerprint density at radius 1 is 0.909 bits per heavy atom. The number of thioether (sulfide) groups is 1. The van der Waals surface area contributed by atoms with Crippen molar-refractivity contribution in [2.45, 2.75) is 17.8 Å². The predicted octanol–water partition coefficient (Wildman–Crippen LogP) is 6.70. The zero-order valence-electron chi connectivity index (χ0n) is 23.5. The first-order valence-electron chi connectivity index (χ1n) is 13.6. The van der Waals surface area contributed by atoms with Crippen molar-refractivity contribution >= 4 is 38.5 Å². The van der Waals surface area contributed by atoms with Gasteiger partial charge in [-0.1, -0.05) is 88.4 Å². The minimum atomic E-state index is -0.206. The molecule has 3 heterocycles. The van der Waals surface area contributed by atoms with Gasteiger partial charge < -0.3 is 9.52 Å². The number of phenols is 1. The molecule has 0 spiro atoms. The van der Waals surface area contributed by atoms with Crippen LogP contribution in [0, 0.1) is 6.92 Å². The summed E-state index contributed by atoms with van der Waals surface area (Å²) in [6, 6.07) is 28.2. The van der Waals surface area contributed by atoms with Gasteiger partial charge in [-0.2, -0.15) is 0 Å². The van der Waals surface area contributed by atoms with Crippen molar-refractivity contribution in [2.24, 2.45) is 7.05 Å². The highest BCUT2D eigenvalue weighted by Gasteiger charge is 2.26. The molecule has 10 nitrogen and oxygen atoms in total. The summed E-state index contributed by atoms with van der Waals surface area (Å²) in [4.78, 5) is 14.1. The van der Waals surface area contributed by atoms with Crippen LogP contribution in [0.2, 0.25) is 0 Å². The van der Waals surface area contributed by atoms with Crippen molar-refractivity contribution in [1.29, 1.82) is 0 Å². The number of rotatable bonds is 7. The summed E-state index contributed by atoms with van der Waals surface area (Å²) in [6.07, 6.45) is 0. The zero-order valence-corrected chi connectivity index (χ0v) is 26.0. The van der Waals surface area contributed by atoms with Crippen LogP contribution in [0.15, 0.2) is 110 Å². The summed E-state index contributed by atoms with van der Waals surface area (Å²) < 4.78 is 12.1. The maximum atomic E-state index is 14.1. The number of nitrogens with zero attached hydrogens (tertiary/aromatic N) is 7. The lowest BCUT2D eigenvalue weighted by molar-refractivity contribution is 0.481. The van der Waals surface area contributed by atoms with E-state index in [1.807, 2.05) is 104 Å². The average Bonchev–Trinajstić information content (AvgIpc) is 3.73. The normalized spacial score (nSPS) is 11.4. The molecule has 0 unspecified atom stereocenters. The van der Waals surface area contributed by atoms with Crippen LogP contribution in [0.25, 0.3) is 45.0 Å². The van der Waals surface area contributed by atoms with Gasteiger partial charge in [0.1, 0.15) is 11.4 Å².